The number of Topliss-reactive ketones (excluding diaryl/α,β-unsaturated/α-hetero) is 2. The summed E-state index contributed by atoms with van der Waals surface area (Å²) in [5.74, 6) is -5.42. The molecule has 3 saturated heterocycles. The van der Waals surface area contributed by atoms with Gasteiger partial charge in [-0.1, -0.05) is 45.9 Å². The molecule has 3 fully saturated rings. The normalized spacial score (nSPS) is 37.8. The summed E-state index contributed by atoms with van der Waals surface area (Å²) in [5.41, 5.74) is -1.19. The van der Waals surface area contributed by atoms with Gasteiger partial charge in [-0.25, -0.2) is 4.79 Å². The lowest BCUT2D eigenvalue weighted by molar-refractivity contribution is -0.292. The highest BCUT2D eigenvalue weighted by atomic mass is 32.1. The molecule has 0 saturated carbocycles. The zero-order chi connectivity index (χ0) is 41.0. The molecule has 0 spiro atoms. The molecule has 3 aliphatic heterocycles. The van der Waals surface area contributed by atoms with E-state index in [9.17, 15) is 24.3 Å². The summed E-state index contributed by atoms with van der Waals surface area (Å²) in [5, 5.41) is 17.4. The first kappa shape index (κ1) is 44.2. The summed E-state index contributed by atoms with van der Waals surface area (Å²) in [7, 11) is 3.68. The fourth-order valence-corrected chi connectivity index (χ4v) is 8.55. The quantitative estimate of drug-likeness (QED) is 0.195. The molecule has 0 unspecified atom stereocenters. The zero-order valence-corrected chi connectivity index (χ0v) is 34.8. The van der Waals surface area contributed by atoms with Crippen molar-refractivity contribution < 1.29 is 48.0 Å². The molecule has 1 aromatic heterocycles. The summed E-state index contributed by atoms with van der Waals surface area (Å²) < 4.78 is 31.1. The predicted octanol–water partition coefficient (Wildman–Crippen LogP) is 4.14. The Morgan fingerprint density at radius 1 is 1.13 bits per heavy atom. The van der Waals surface area contributed by atoms with Gasteiger partial charge in [0.1, 0.15) is 35.6 Å². The largest absolute Gasteiger partial charge is 0.459 e. The number of aliphatic hydroxyl groups is 1. The molecule has 1 aromatic rings. The van der Waals surface area contributed by atoms with E-state index in [-0.39, 0.29) is 36.1 Å². The molecule has 306 valence electrons. The fraction of sp³-hybridized carbons (Fsp3) is 0.700. The Labute approximate surface area is 330 Å². The maximum Gasteiger partial charge on any atom is 0.408 e. The molecule has 13 atom stereocenters. The number of rotatable bonds is 8. The summed E-state index contributed by atoms with van der Waals surface area (Å²) in [4.78, 5) is 62.5. The molecule has 4 rings (SSSR count). The average molecular weight is 789 g/mol. The van der Waals surface area contributed by atoms with E-state index >= 15 is 0 Å². The third kappa shape index (κ3) is 10.1. The first-order valence-corrected chi connectivity index (χ1v) is 19.6. The van der Waals surface area contributed by atoms with Crippen molar-refractivity contribution in [2.24, 2.45) is 23.7 Å². The van der Waals surface area contributed by atoms with Gasteiger partial charge in [0, 0.05) is 42.2 Å². The number of hydrogen-bond donors (Lipinski definition) is 3. The number of thiocarbonyl (C=S) groups is 1. The van der Waals surface area contributed by atoms with Gasteiger partial charge >= 0.3 is 12.1 Å². The number of likely N-dealkylation sites (N-methyl/N-ethyl adjacent to an activating group) is 1. The number of pyridine rings is 1. The van der Waals surface area contributed by atoms with Crippen LogP contribution in [0.2, 0.25) is 0 Å². The number of esters is 1. The Kier molecular flexibility index (Phi) is 14.6. The molecule has 3 aliphatic rings. The molecule has 15 heteroatoms. The minimum atomic E-state index is -1.69. The molecule has 0 bridgehead atoms. The van der Waals surface area contributed by atoms with Crippen molar-refractivity contribution in [1.82, 2.24) is 20.5 Å². The molecule has 3 N–H and O–H groups in total. The number of cyclic esters (lactones) is 1. The van der Waals surface area contributed by atoms with Crippen molar-refractivity contribution in [3.8, 4) is 0 Å². The van der Waals surface area contributed by atoms with E-state index in [1.54, 1.807) is 53.0 Å². The summed E-state index contributed by atoms with van der Waals surface area (Å²) in [6, 6.07) is 2.74. The Bertz CT molecular complexity index is 1590. The third-order valence-electron chi connectivity index (χ3n) is 11.4. The molecular weight excluding hydrogens is 729 g/mol. The van der Waals surface area contributed by atoms with Crippen LogP contribution in [0.25, 0.3) is 6.08 Å². The first-order chi connectivity index (χ1) is 25.7. The Hall–Kier alpha value is -3.50. The minimum absolute atomic E-state index is 0.0682. The van der Waals surface area contributed by atoms with E-state index in [0.29, 0.717) is 12.8 Å². The molecule has 0 aliphatic carbocycles. The van der Waals surface area contributed by atoms with E-state index < -0.39 is 83.4 Å². The molecule has 0 aromatic carbocycles. The van der Waals surface area contributed by atoms with Crippen molar-refractivity contribution in [2.45, 2.75) is 136 Å². The number of carbonyl (C=O) groups is 4. The molecular formula is C40H60N4O10S. The monoisotopic (exact) mass is 788 g/mol. The van der Waals surface area contributed by atoms with Crippen LogP contribution in [0.1, 0.15) is 85.9 Å². The number of nitrogens with zero attached hydrogens (tertiary/aromatic N) is 2. The van der Waals surface area contributed by atoms with E-state index in [4.69, 9.17) is 35.9 Å². The lowest BCUT2D eigenvalue weighted by Gasteiger charge is -2.47. The number of alkyl carbamates (subject to hydrolysis) is 1. The fourth-order valence-electron chi connectivity index (χ4n) is 8.25. The van der Waals surface area contributed by atoms with Crippen molar-refractivity contribution in [3.63, 3.8) is 0 Å². The molecule has 4 heterocycles. The van der Waals surface area contributed by atoms with Gasteiger partial charge in [-0.2, -0.15) is 0 Å². The van der Waals surface area contributed by atoms with E-state index in [2.05, 4.69) is 15.6 Å². The highest BCUT2D eigenvalue weighted by Gasteiger charge is 2.57. The Morgan fingerprint density at radius 2 is 1.82 bits per heavy atom. The molecule has 55 heavy (non-hydrogen) atoms. The second-order valence-electron chi connectivity index (χ2n) is 16.1. The van der Waals surface area contributed by atoms with Crippen LogP contribution in [0, 0.1) is 30.6 Å². The highest BCUT2D eigenvalue weighted by Crippen LogP contribution is 2.40. The summed E-state index contributed by atoms with van der Waals surface area (Å²) >= 11 is 5.40. The topological polar surface area (TPSA) is 175 Å². The second-order valence-corrected chi connectivity index (χ2v) is 16.5. The maximum absolute atomic E-state index is 14.4. The van der Waals surface area contributed by atoms with Gasteiger partial charge in [-0.3, -0.25) is 19.4 Å². The molecule has 14 nitrogen and oxygen atoms in total. The number of amides is 1. The smallest absolute Gasteiger partial charge is 0.408 e. The first-order valence-electron chi connectivity index (χ1n) is 19.2. The summed E-state index contributed by atoms with van der Waals surface area (Å²) in [6.07, 6.45) is 0.291. The van der Waals surface area contributed by atoms with Gasteiger partial charge < -0.3 is 44.3 Å². The van der Waals surface area contributed by atoms with Crippen LogP contribution in [-0.4, -0.2) is 118 Å². The zero-order valence-electron chi connectivity index (χ0n) is 34.0. The lowest BCUT2D eigenvalue weighted by atomic mass is 9.73. The van der Waals surface area contributed by atoms with Gasteiger partial charge in [0.25, 0.3) is 5.17 Å². The number of fused-ring (bicyclic) bond motifs is 1. The van der Waals surface area contributed by atoms with Gasteiger partial charge in [0.2, 0.25) is 0 Å². The second kappa shape index (κ2) is 18.2. The lowest BCUT2D eigenvalue weighted by Crippen LogP contribution is -2.60. The number of aliphatic hydroxyl groups excluding tert-OH is 1. The standard InChI is InChI=1S/C40H60N4O10S/c1-12-29-40(9)33(43-38(55)54-40)24(5)30(45)21(2)19-39(8,53-37(49)41-17-13-14-27-16-15-22(3)42-20-27)34(25(6)31(46)26(7)35(48)51-29)52-36-32(47)28(44(10)11)18-23(4)50-36/h13-16,20-21,23-26,28-29,32-34,36,47H,12,17-19H2,1-11H3,(H,41,49)(H,43,55)/b14-13+/t21-,23-,24+,25+,26-,28+,29-,32-,33-,34-,36+,39-,40-/m1/s1. The number of aryl methyl sites for hydroxylation is 1. The molecule has 0 radical (unpaired) electrons. The average Bonchev–Trinajstić information content (AvgIpc) is 3.44. The third-order valence-corrected chi connectivity index (χ3v) is 11.6. The van der Waals surface area contributed by atoms with Crippen LogP contribution >= 0.6 is 12.2 Å². The van der Waals surface area contributed by atoms with Crippen LogP contribution in [0.3, 0.4) is 0 Å². The number of hydrogen-bond acceptors (Lipinski definition) is 13. The van der Waals surface area contributed by atoms with Gasteiger partial charge in [0.05, 0.1) is 12.1 Å². The van der Waals surface area contributed by atoms with Crippen LogP contribution in [0.4, 0.5) is 4.79 Å². The van der Waals surface area contributed by atoms with Crippen LogP contribution in [0.15, 0.2) is 24.4 Å². The number of ether oxygens (including phenoxy) is 5. The van der Waals surface area contributed by atoms with Crippen LogP contribution in [0.5, 0.6) is 0 Å². The van der Waals surface area contributed by atoms with Gasteiger partial charge in [0.15, 0.2) is 17.7 Å². The van der Waals surface area contributed by atoms with Crippen molar-refractivity contribution in [3.05, 3.63) is 35.7 Å². The van der Waals surface area contributed by atoms with Crippen molar-refractivity contribution in [2.75, 3.05) is 20.6 Å². The van der Waals surface area contributed by atoms with Gasteiger partial charge in [-0.05, 0) is 91.8 Å². The Balaban J connectivity index is 1.77. The van der Waals surface area contributed by atoms with Gasteiger partial charge in [-0.15, -0.1) is 0 Å². The molecule has 1 amide bonds. The number of aromatic nitrogens is 1. The number of carbonyl (C=O) groups excluding carboxylic acids is 4. The minimum Gasteiger partial charge on any atom is -0.459 e. The predicted molar refractivity (Wildman–Crippen MR) is 209 cm³/mol. The SMILES string of the molecule is CC[C@H]1OC(=O)[C@H](C)C(=O)[C@H](C)[C@@H](O[C@@H]2O[C@H](C)C[C@H](N(C)C)[C@H]2O)[C@](C)(OC(=O)NC/C=C/c2ccc(C)nc2)C[C@@H](C)C(=O)[C@H](C)[C@H]2NC(=S)O[C@@]21C. The van der Waals surface area contributed by atoms with Crippen molar-refractivity contribution in [1.29, 1.82) is 0 Å². The summed E-state index contributed by atoms with van der Waals surface area (Å²) in [6.45, 7) is 15.5. The Morgan fingerprint density at radius 3 is 2.44 bits per heavy atom. The van der Waals surface area contributed by atoms with Crippen molar-refractivity contribution >= 4 is 47.1 Å². The maximum atomic E-state index is 14.4. The highest BCUT2D eigenvalue weighted by molar-refractivity contribution is 7.80. The van der Waals surface area contributed by atoms with E-state index in [1.165, 1.54) is 6.92 Å². The number of nitrogens with one attached hydrogen (secondary N) is 2. The van der Waals surface area contributed by atoms with Crippen LogP contribution < -0.4 is 10.6 Å². The van der Waals surface area contributed by atoms with Crippen LogP contribution in [-0.2, 0) is 38.1 Å². The number of ketones is 2. The van der Waals surface area contributed by atoms with E-state index in [1.807, 2.05) is 51.9 Å². The van der Waals surface area contributed by atoms with E-state index in [0.717, 1.165) is 11.3 Å².